The van der Waals surface area contributed by atoms with E-state index in [9.17, 15) is 5.11 Å². The molecule has 0 spiro atoms. The molecule has 0 aromatic heterocycles. The zero-order valence-corrected chi connectivity index (χ0v) is 10.7. The highest BCUT2D eigenvalue weighted by Crippen LogP contribution is 2.13. The minimum atomic E-state index is -0.909. The topological polar surface area (TPSA) is 40.5 Å². The second-order valence-electron chi connectivity index (χ2n) is 4.92. The van der Waals surface area contributed by atoms with Crippen LogP contribution in [0.2, 0.25) is 0 Å². The first kappa shape index (κ1) is 16.9. The number of terminal acetylenes is 1. The highest BCUT2D eigenvalue weighted by Gasteiger charge is 2.17. The van der Waals surface area contributed by atoms with Gasteiger partial charge in [0.25, 0.3) is 0 Å². The minimum absolute atomic E-state index is 0.331. The average molecular weight is 214 g/mol. The van der Waals surface area contributed by atoms with Crippen molar-refractivity contribution < 1.29 is 10.2 Å². The van der Waals surface area contributed by atoms with Gasteiger partial charge in [-0.05, 0) is 31.6 Å². The molecule has 2 nitrogen and oxygen atoms in total. The summed E-state index contributed by atoms with van der Waals surface area (Å²) >= 11 is 0. The summed E-state index contributed by atoms with van der Waals surface area (Å²) in [5.41, 5.74) is -0.909. The fourth-order valence-electron chi connectivity index (χ4n) is 1.11. The molecular formula is C13H26O2. The lowest BCUT2D eigenvalue weighted by Crippen LogP contribution is -2.23. The lowest BCUT2D eigenvalue weighted by atomic mass is 9.95. The SMILES string of the molecule is C#CC(C)(O)CC(C)C.CC(C)CCO. The van der Waals surface area contributed by atoms with Crippen molar-refractivity contribution in [3.63, 3.8) is 0 Å². The van der Waals surface area contributed by atoms with Gasteiger partial charge in [-0.1, -0.05) is 33.6 Å². The van der Waals surface area contributed by atoms with E-state index in [2.05, 4.69) is 19.8 Å². The van der Waals surface area contributed by atoms with Crippen molar-refractivity contribution >= 4 is 0 Å². The Balaban J connectivity index is 0. The number of hydrogen-bond acceptors (Lipinski definition) is 2. The fraction of sp³-hybridized carbons (Fsp3) is 0.846. The van der Waals surface area contributed by atoms with Crippen LogP contribution in [0.15, 0.2) is 0 Å². The van der Waals surface area contributed by atoms with Gasteiger partial charge in [0.15, 0.2) is 0 Å². The number of aliphatic hydroxyl groups excluding tert-OH is 1. The molecule has 0 rings (SSSR count). The summed E-state index contributed by atoms with van der Waals surface area (Å²) in [4.78, 5) is 0. The van der Waals surface area contributed by atoms with Gasteiger partial charge in [0.1, 0.15) is 5.60 Å². The van der Waals surface area contributed by atoms with E-state index in [-0.39, 0.29) is 0 Å². The third-order valence-electron chi connectivity index (χ3n) is 1.82. The molecule has 0 radical (unpaired) electrons. The van der Waals surface area contributed by atoms with Gasteiger partial charge in [-0.2, -0.15) is 0 Å². The van der Waals surface area contributed by atoms with Crippen molar-refractivity contribution in [1.82, 2.24) is 0 Å². The number of hydrogen-bond donors (Lipinski definition) is 2. The van der Waals surface area contributed by atoms with Crippen molar-refractivity contribution in [2.75, 3.05) is 6.61 Å². The van der Waals surface area contributed by atoms with Gasteiger partial charge < -0.3 is 10.2 Å². The molecule has 2 heteroatoms. The molecule has 15 heavy (non-hydrogen) atoms. The smallest absolute Gasteiger partial charge is 0.122 e. The van der Waals surface area contributed by atoms with Crippen LogP contribution in [0.4, 0.5) is 0 Å². The minimum Gasteiger partial charge on any atom is -0.396 e. The molecule has 0 aliphatic rings. The van der Waals surface area contributed by atoms with E-state index in [0.717, 1.165) is 6.42 Å². The normalized spacial score (nSPS) is 14.1. The second-order valence-corrected chi connectivity index (χ2v) is 4.92. The molecule has 0 aliphatic carbocycles. The molecule has 0 fully saturated rings. The predicted octanol–water partition coefficient (Wildman–Crippen LogP) is 2.44. The van der Waals surface area contributed by atoms with E-state index in [4.69, 9.17) is 11.5 Å². The molecule has 90 valence electrons. The second kappa shape index (κ2) is 8.76. The Morgan fingerprint density at radius 2 is 1.67 bits per heavy atom. The van der Waals surface area contributed by atoms with Crippen molar-refractivity contribution in [2.24, 2.45) is 11.8 Å². The first-order valence-corrected chi connectivity index (χ1v) is 5.56. The van der Waals surface area contributed by atoms with E-state index in [0.29, 0.717) is 24.9 Å². The van der Waals surface area contributed by atoms with Gasteiger partial charge in [-0.25, -0.2) is 0 Å². The Hall–Kier alpha value is -0.520. The van der Waals surface area contributed by atoms with Crippen LogP contribution < -0.4 is 0 Å². The molecule has 1 unspecified atom stereocenters. The van der Waals surface area contributed by atoms with Crippen LogP contribution in [0.25, 0.3) is 0 Å². The molecule has 0 saturated carbocycles. The van der Waals surface area contributed by atoms with Gasteiger partial charge >= 0.3 is 0 Å². The van der Waals surface area contributed by atoms with Crippen molar-refractivity contribution in [3.8, 4) is 12.3 Å². The summed E-state index contributed by atoms with van der Waals surface area (Å²) in [5.74, 6) is 3.43. The van der Waals surface area contributed by atoms with Crippen LogP contribution in [0.3, 0.4) is 0 Å². The van der Waals surface area contributed by atoms with Crippen molar-refractivity contribution in [3.05, 3.63) is 0 Å². The van der Waals surface area contributed by atoms with Crippen molar-refractivity contribution in [2.45, 2.75) is 53.1 Å². The third-order valence-corrected chi connectivity index (χ3v) is 1.82. The first-order valence-electron chi connectivity index (χ1n) is 5.56. The maximum absolute atomic E-state index is 9.26. The molecule has 0 aromatic carbocycles. The van der Waals surface area contributed by atoms with Crippen molar-refractivity contribution in [1.29, 1.82) is 0 Å². The largest absolute Gasteiger partial charge is 0.396 e. The number of aliphatic hydroxyl groups is 2. The Morgan fingerprint density at radius 1 is 1.20 bits per heavy atom. The number of rotatable bonds is 4. The monoisotopic (exact) mass is 214 g/mol. The van der Waals surface area contributed by atoms with Gasteiger partial charge in [0.05, 0.1) is 0 Å². The highest BCUT2D eigenvalue weighted by atomic mass is 16.3. The van der Waals surface area contributed by atoms with E-state index in [1.54, 1.807) is 6.92 Å². The summed E-state index contributed by atoms with van der Waals surface area (Å²) in [5, 5.41) is 17.5. The zero-order chi connectivity index (χ0) is 12.5. The molecule has 0 aliphatic heterocycles. The maximum Gasteiger partial charge on any atom is 0.122 e. The van der Waals surface area contributed by atoms with Crippen LogP contribution in [0.1, 0.15) is 47.5 Å². The third kappa shape index (κ3) is 16.2. The van der Waals surface area contributed by atoms with Crippen LogP contribution >= 0.6 is 0 Å². The van der Waals surface area contributed by atoms with E-state index in [1.807, 2.05) is 13.8 Å². The lowest BCUT2D eigenvalue weighted by molar-refractivity contribution is 0.0978. The Labute approximate surface area is 94.7 Å². The predicted molar refractivity (Wildman–Crippen MR) is 65.5 cm³/mol. The summed E-state index contributed by atoms with van der Waals surface area (Å²) in [6.45, 7) is 10.2. The van der Waals surface area contributed by atoms with Crippen LogP contribution in [-0.4, -0.2) is 22.4 Å². The van der Waals surface area contributed by atoms with Gasteiger partial charge in [-0.15, -0.1) is 6.42 Å². The van der Waals surface area contributed by atoms with E-state index >= 15 is 0 Å². The van der Waals surface area contributed by atoms with Crippen LogP contribution in [0.5, 0.6) is 0 Å². The lowest BCUT2D eigenvalue weighted by Gasteiger charge is -2.17. The molecule has 0 heterocycles. The van der Waals surface area contributed by atoms with Crippen LogP contribution in [-0.2, 0) is 0 Å². The Bertz CT molecular complexity index is 175. The molecule has 0 bridgehead atoms. The van der Waals surface area contributed by atoms with E-state index in [1.165, 1.54) is 0 Å². The fourth-order valence-corrected chi connectivity index (χ4v) is 1.11. The molecule has 2 N–H and O–H groups in total. The molecule has 0 saturated heterocycles. The Kier molecular flexibility index (Phi) is 9.87. The van der Waals surface area contributed by atoms with Crippen LogP contribution in [0, 0.1) is 24.2 Å². The standard InChI is InChI=1S/C8H14O.C5H12O/c1-5-8(4,9)6-7(2)3;1-5(2)3-4-6/h1,7,9H,6H2,2-4H3;5-6H,3-4H2,1-2H3. The molecule has 0 amide bonds. The Morgan fingerprint density at radius 3 is 1.73 bits per heavy atom. The zero-order valence-electron chi connectivity index (χ0n) is 10.7. The van der Waals surface area contributed by atoms with Gasteiger partial charge in [0.2, 0.25) is 0 Å². The summed E-state index contributed by atoms with van der Waals surface area (Å²) in [6, 6.07) is 0. The quantitative estimate of drug-likeness (QED) is 0.706. The molecular weight excluding hydrogens is 188 g/mol. The first-order chi connectivity index (χ1) is 6.75. The maximum atomic E-state index is 9.26. The average Bonchev–Trinajstić information content (AvgIpc) is 2.02. The summed E-state index contributed by atoms with van der Waals surface area (Å²) < 4.78 is 0. The highest BCUT2D eigenvalue weighted by molar-refractivity contribution is 5.04. The summed E-state index contributed by atoms with van der Waals surface area (Å²) in [6.07, 6.45) is 6.66. The molecule has 0 aromatic rings. The molecule has 1 atom stereocenters. The van der Waals surface area contributed by atoms with Gasteiger partial charge in [-0.3, -0.25) is 0 Å². The van der Waals surface area contributed by atoms with E-state index < -0.39 is 5.60 Å². The van der Waals surface area contributed by atoms with Gasteiger partial charge in [0, 0.05) is 6.61 Å². The summed E-state index contributed by atoms with van der Waals surface area (Å²) in [7, 11) is 0.